The Morgan fingerprint density at radius 1 is 1.00 bits per heavy atom. The highest BCUT2D eigenvalue weighted by atomic mass is 16.1. The van der Waals surface area contributed by atoms with E-state index in [1.807, 2.05) is 0 Å². The zero-order valence-electron chi connectivity index (χ0n) is 15.1. The predicted molar refractivity (Wildman–Crippen MR) is 90.9 cm³/mol. The Labute approximate surface area is 140 Å². The van der Waals surface area contributed by atoms with E-state index in [0.29, 0.717) is 35.7 Å². The summed E-state index contributed by atoms with van der Waals surface area (Å²) in [5.74, 6) is 3.20. The predicted octanol–water partition coefficient (Wildman–Crippen LogP) is 4.80. The van der Waals surface area contributed by atoms with E-state index in [1.165, 1.54) is 44.9 Å². The Kier molecular flexibility index (Phi) is 3.56. The Morgan fingerprint density at radius 2 is 1.78 bits per heavy atom. The van der Waals surface area contributed by atoms with Gasteiger partial charge in [-0.2, -0.15) is 0 Å². The summed E-state index contributed by atoms with van der Waals surface area (Å²) in [5, 5.41) is 0. The molecule has 0 N–H and O–H groups in total. The van der Waals surface area contributed by atoms with Crippen LogP contribution in [0.4, 0.5) is 0 Å². The second-order valence-corrected chi connectivity index (χ2v) is 9.66. The average molecular weight is 316 g/mol. The zero-order valence-corrected chi connectivity index (χ0v) is 15.1. The van der Waals surface area contributed by atoms with Crippen molar-refractivity contribution in [2.24, 2.45) is 40.4 Å². The quantitative estimate of drug-likeness (QED) is 0.696. The van der Waals surface area contributed by atoms with E-state index in [4.69, 9.17) is 0 Å². The van der Waals surface area contributed by atoms with E-state index < -0.39 is 0 Å². The topological polar surface area (TPSA) is 34.1 Å². The lowest BCUT2D eigenvalue weighted by Crippen LogP contribution is -2.57. The van der Waals surface area contributed by atoms with Crippen LogP contribution in [0, 0.1) is 40.4 Å². The van der Waals surface area contributed by atoms with Crippen LogP contribution in [0.15, 0.2) is 0 Å². The number of rotatable bonds is 1. The lowest BCUT2D eigenvalue weighted by Gasteiger charge is -2.59. The summed E-state index contributed by atoms with van der Waals surface area (Å²) in [5.41, 5.74) is 0.218. The van der Waals surface area contributed by atoms with Crippen LogP contribution >= 0.6 is 0 Å². The van der Waals surface area contributed by atoms with Crippen molar-refractivity contribution in [2.75, 3.05) is 0 Å². The highest BCUT2D eigenvalue weighted by Gasteiger charge is 2.63. The largest absolute Gasteiger partial charge is 0.300 e. The molecule has 0 aromatic carbocycles. The lowest BCUT2D eigenvalue weighted by atomic mass is 9.44. The van der Waals surface area contributed by atoms with Gasteiger partial charge < -0.3 is 0 Å². The maximum absolute atomic E-state index is 13.3. The molecule has 2 heteroatoms. The van der Waals surface area contributed by atoms with Crippen molar-refractivity contribution in [3.8, 4) is 0 Å². The zero-order chi connectivity index (χ0) is 16.4. The van der Waals surface area contributed by atoms with Gasteiger partial charge in [0, 0.05) is 18.3 Å². The number of fused-ring (bicyclic) bond motifs is 5. The van der Waals surface area contributed by atoms with Gasteiger partial charge in [-0.1, -0.05) is 26.7 Å². The molecule has 0 amide bonds. The van der Waals surface area contributed by atoms with Crippen LogP contribution in [0.3, 0.4) is 0 Å². The first-order valence-electron chi connectivity index (χ1n) is 9.91. The van der Waals surface area contributed by atoms with Crippen LogP contribution in [-0.2, 0) is 9.59 Å². The summed E-state index contributed by atoms with van der Waals surface area (Å²) in [4.78, 5) is 25.4. The smallest absolute Gasteiger partial charge is 0.137 e. The summed E-state index contributed by atoms with van der Waals surface area (Å²) >= 11 is 0. The van der Waals surface area contributed by atoms with Gasteiger partial charge in [0.05, 0.1) is 0 Å². The summed E-state index contributed by atoms with van der Waals surface area (Å²) < 4.78 is 0. The van der Waals surface area contributed by atoms with Crippen LogP contribution in [-0.4, -0.2) is 11.6 Å². The molecule has 4 aliphatic carbocycles. The van der Waals surface area contributed by atoms with Crippen molar-refractivity contribution >= 4 is 11.6 Å². The van der Waals surface area contributed by atoms with Crippen molar-refractivity contribution in [1.29, 1.82) is 0 Å². The highest BCUT2D eigenvalue weighted by Crippen LogP contribution is 2.66. The molecule has 4 saturated carbocycles. The average Bonchev–Trinajstić information content (AvgIpc) is 2.82. The number of hydrogen-bond donors (Lipinski definition) is 0. The molecule has 23 heavy (non-hydrogen) atoms. The van der Waals surface area contributed by atoms with Crippen molar-refractivity contribution in [1.82, 2.24) is 0 Å². The Balaban J connectivity index is 1.70. The van der Waals surface area contributed by atoms with E-state index in [-0.39, 0.29) is 16.7 Å². The molecule has 7 atom stereocenters. The van der Waals surface area contributed by atoms with Gasteiger partial charge in [0.15, 0.2) is 0 Å². The SMILES string of the molecule is CC(=O)[C@H]1CCC2[C@@H]3CCC4CCCC[C@]4(C)C3C(=O)C[C@@]21C. The first-order valence-corrected chi connectivity index (χ1v) is 9.91. The maximum Gasteiger partial charge on any atom is 0.137 e. The summed E-state index contributed by atoms with van der Waals surface area (Å²) in [6, 6.07) is 0. The molecule has 4 fully saturated rings. The van der Waals surface area contributed by atoms with Gasteiger partial charge in [-0.3, -0.25) is 9.59 Å². The van der Waals surface area contributed by atoms with E-state index in [0.717, 1.165) is 12.3 Å². The standard InChI is InChI=1S/C21H32O2/c1-13(22)16-9-10-17-15-8-7-14-6-4-5-11-20(14,2)19(15)18(23)12-21(16,17)3/h14-17,19H,4-12H2,1-3H3/t14?,15-,16+,17?,19?,20-,21+/m0/s1. The van der Waals surface area contributed by atoms with Crippen LogP contribution in [0.2, 0.25) is 0 Å². The minimum atomic E-state index is -0.0397. The number of ketones is 2. The summed E-state index contributed by atoms with van der Waals surface area (Å²) in [6.45, 7) is 6.44. The van der Waals surface area contributed by atoms with Crippen LogP contribution in [0.25, 0.3) is 0 Å². The van der Waals surface area contributed by atoms with Gasteiger partial charge in [0.1, 0.15) is 11.6 Å². The molecule has 0 saturated heterocycles. The molecule has 0 heterocycles. The molecular formula is C21H32O2. The minimum Gasteiger partial charge on any atom is -0.300 e. The molecule has 0 aliphatic heterocycles. The highest BCUT2D eigenvalue weighted by molar-refractivity contribution is 5.87. The summed E-state index contributed by atoms with van der Waals surface area (Å²) in [7, 11) is 0. The molecule has 4 rings (SSSR count). The fraction of sp³-hybridized carbons (Fsp3) is 0.905. The molecule has 0 spiro atoms. The van der Waals surface area contributed by atoms with Gasteiger partial charge in [-0.05, 0) is 74.0 Å². The van der Waals surface area contributed by atoms with Crippen LogP contribution in [0.1, 0.15) is 78.6 Å². The van der Waals surface area contributed by atoms with Crippen LogP contribution < -0.4 is 0 Å². The second kappa shape index (κ2) is 5.17. The molecule has 2 nitrogen and oxygen atoms in total. The fourth-order valence-corrected chi connectivity index (χ4v) is 7.78. The molecular weight excluding hydrogens is 284 g/mol. The monoisotopic (exact) mass is 316 g/mol. The van der Waals surface area contributed by atoms with E-state index in [1.54, 1.807) is 6.92 Å². The minimum absolute atomic E-state index is 0.0397. The van der Waals surface area contributed by atoms with Gasteiger partial charge >= 0.3 is 0 Å². The molecule has 0 bridgehead atoms. The van der Waals surface area contributed by atoms with Crippen LogP contribution in [0.5, 0.6) is 0 Å². The number of hydrogen-bond acceptors (Lipinski definition) is 2. The maximum atomic E-state index is 13.3. The second-order valence-electron chi connectivity index (χ2n) is 9.66. The third-order valence-corrected chi connectivity index (χ3v) is 8.76. The first-order chi connectivity index (χ1) is 10.9. The lowest BCUT2D eigenvalue weighted by molar-refractivity contribution is -0.158. The molecule has 0 aromatic heterocycles. The Hall–Kier alpha value is -0.660. The van der Waals surface area contributed by atoms with Crippen molar-refractivity contribution in [2.45, 2.75) is 78.6 Å². The fourth-order valence-electron chi connectivity index (χ4n) is 7.78. The first kappa shape index (κ1) is 15.8. The molecule has 0 aromatic rings. The number of carbonyl (C=O) groups excluding carboxylic acids is 2. The normalized spacial score (nSPS) is 52.5. The Morgan fingerprint density at radius 3 is 2.52 bits per heavy atom. The van der Waals surface area contributed by atoms with Crippen molar-refractivity contribution < 1.29 is 9.59 Å². The van der Waals surface area contributed by atoms with E-state index in [2.05, 4.69) is 13.8 Å². The van der Waals surface area contributed by atoms with Gasteiger partial charge in [-0.15, -0.1) is 0 Å². The number of carbonyl (C=O) groups is 2. The van der Waals surface area contributed by atoms with E-state index >= 15 is 0 Å². The van der Waals surface area contributed by atoms with Crippen molar-refractivity contribution in [3.05, 3.63) is 0 Å². The Bertz CT molecular complexity index is 538. The van der Waals surface area contributed by atoms with Crippen molar-refractivity contribution in [3.63, 3.8) is 0 Å². The van der Waals surface area contributed by atoms with Gasteiger partial charge in [-0.25, -0.2) is 0 Å². The van der Waals surface area contributed by atoms with Gasteiger partial charge in [0.2, 0.25) is 0 Å². The molecule has 0 radical (unpaired) electrons. The number of Topliss-reactive ketones (excluding diaryl/α,β-unsaturated/α-hetero) is 2. The molecule has 3 unspecified atom stereocenters. The summed E-state index contributed by atoms with van der Waals surface area (Å²) in [6.07, 6.45) is 10.7. The van der Waals surface area contributed by atoms with E-state index in [9.17, 15) is 9.59 Å². The third kappa shape index (κ3) is 2.05. The molecule has 4 aliphatic rings. The molecule has 128 valence electrons. The van der Waals surface area contributed by atoms with Gasteiger partial charge in [0.25, 0.3) is 0 Å². The third-order valence-electron chi connectivity index (χ3n) is 8.76.